The number of fused-ring (bicyclic) bond motifs is 2. The zero-order valence-electron chi connectivity index (χ0n) is 20.9. The number of methoxy groups -OCH3 is 1. The van der Waals surface area contributed by atoms with Gasteiger partial charge in [-0.15, -0.1) is 0 Å². The second-order valence-corrected chi connectivity index (χ2v) is 14.4. The van der Waals surface area contributed by atoms with Crippen LogP contribution >= 0.6 is 0 Å². The van der Waals surface area contributed by atoms with Gasteiger partial charge in [-0.2, -0.15) is 17.5 Å². The fourth-order valence-corrected chi connectivity index (χ4v) is 9.77. The molecular weight excluding hydrogens is 583 g/mol. The molecule has 2 aromatic rings. The summed E-state index contributed by atoms with van der Waals surface area (Å²) in [5.74, 6) is -6.57. The molecule has 1 saturated carbocycles. The minimum absolute atomic E-state index is 0.0805. The van der Waals surface area contributed by atoms with E-state index >= 15 is 4.39 Å². The summed E-state index contributed by atoms with van der Waals surface area (Å²) in [4.78, 5) is 23.6. The molecule has 0 N–H and O–H groups in total. The van der Waals surface area contributed by atoms with Crippen LogP contribution in [0.1, 0.15) is 41.6 Å². The zero-order chi connectivity index (χ0) is 29.3. The minimum atomic E-state index is -5.32. The first-order valence-electron chi connectivity index (χ1n) is 12.2. The van der Waals surface area contributed by atoms with Gasteiger partial charge in [0.05, 0.1) is 39.0 Å². The van der Waals surface area contributed by atoms with E-state index in [-0.39, 0.29) is 34.9 Å². The molecule has 2 fully saturated rings. The summed E-state index contributed by atoms with van der Waals surface area (Å²) in [5.41, 5.74) is -2.10. The molecule has 1 unspecified atom stereocenters. The van der Waals surface area contributed by atoms with Gasteiger partial charge in [-0.1, -0.05) is 0 Å². The van der Waals surface area contributed by atoms with Crippen LogP contribution in [-0.4, -0.2) is 55.3 Å². The lowest BCUT2D eigenvalue weighted by molar-refractivity contribution is -0.169. The number of amides is 1. The van der Waals surface area contributed by atoms with Crippen molar-refractivity contribution < 1.29 is 48.9 Å². The maximum Gasteiger partial charge on any atom is 0.474 e. The summed E-state index contributed by atoms with van der Waals surface area (Å²) in [6, 6.07) is 5.45. The van der Waals surface area contributed by atoms with Crippen LogP contribution in [0.2, 0.25) is 0 Å². The van der Waals surface area contributed by atoms with Crippen molar-refractivity contribution in [3.63, 3.8) is 0 Å². The molecule has 2 aromatic carbocycles. The van der Waals surface area contributed by atoms with Crippen LogP contribution in [-0.2, 0) is 34.7 Å². The second kappa shape index (κ2) is 9.50. The van der Waals surface area contributed by atoms with Crippen molar-refractivity contribution >= 4 is 37.3 Å². The first kappa shape index (κ1) is 28.5. The third-order valence-electron chi connectivity index (χ3n) is 7.74. The number of anilines is 1. The maximum atomic E-state index is 16.2. The van der Waals surface area contributed by atoms with Gasteiger partial charge in [0.2, 0.25) is 0 Å². The van der Waals surface area contributed by atoms with Gasteiger partial charge in [-0.3, -0.25) is 9.10 Å². The molecule has 15 heteroatoms. The highest BCUT2D eigenvalue weighted by Gasteiger charge is 2.62. The van der Waals surface area contributed by atoms with Gasteiger partial charge >= 0.3 is 18.1 Å². The largest absolute Gasteiger partial charge is 0.474 e. The quantitative estimate of drug-likeness (QED) is 0.379. The fourth-order valence-electron chi connectivity index (χ4n) is 5.82. The second-order valence-electron chi connectivity index (χ2n) is 10.1. The van der Waals surface area contributed by atoms with E-state index in [9.17, 15) is 39.8 Å². The molecule has 5 rings (SSSR count). The van der Waals surface area contributed by atoms with Gasteiger partial charge in [0.1, 0.15) is 11.6 Å². The van der Waals surface area contributed by atoms with E-state index in [2.05, 4.69) is 9.10 Å². The van der Waals surface area contributed by atoms with Crippen molar-refractivity contribution in [1.82, 2.24) is 0 Å². The molecule has 0 aromatic heterocycles. The third kappa shape index (κ3) is 4.56. The molecule has 216 valence electrons. The normalized spacial score (nSPS) is 26.4. The van der Waals surface area contributed by atoms with Gasteiger partial charge in [-0.05, 0) is 68.0 Å². The molecule has 1 atom stereocenters. The summed E-state index contributed by atoms with van der Waals surface area (Å²) in [5, 5.41) is 0. The van der Waals surface area contributed by atoms with Crippen molar-refractivity contribution in [2.24, 2.45) is 10.3 Å². The summed E-state index contributed by atoms with van der Waals surface area (Å²) >= 11 is 0. The first-order valence-corrected chi connectivity index (χ1v) is 15.5. The van der Waals surface area contributed by atoms with Gasteiger partial charge in [0.15, 0.2) is 0 Å². The number of hydrogen-bond donors (Lipinski definition) is 0. The standard InChI is InChI=1S/C25H23F5N2O6S2/c1-38-22(33)17-8-9-18-19(20(17)27)24(10-12-39(35,13-11-24)31-23(34)25(28,29)30)21(14-2-3-14)32(18)40(36,37)16-6-4-15(26)5-7-16/h4-9,14,21H,2-3,10-13H2,1H3. The van der Waals surface area contributed by atoms with Crippen molar-refractivity contribution in [3.05, 3.63) is 59.2 Å². The van der Waals surface area contributed by atoms with E-state index in [0.717, 1.165) is 41.7 Å². The minimum Gasteiger partial charge on any atom is -0.465 e. The summed E-state index contributed by atoms with van der Waals surface area (Å²) in [6.07, 6.45) is -4.71. The molecule has 2 heterocycles. The smallest absolute Gasteiger partial charge is 0.465 e. The number of ether oxygens (including phenoxy) is 1. The molecule has 40 heavy (non-hydrogen) atoms. The highest BCUT2D eigenvalue weighted by molar-refractivity contribution is 7.94. The average Bonchev–Trinajstić information content (AvgIpc) is 3.68. The number of hydrogen-bond acceptors (Lipinski definition) is 6. The zero-order valence-corrected chi connectivity index (χ0v) is 22.5. The molecule has 8 nitrogen and oxygen atoms in total. The Balaban J connectivity index is 1.70. The Kier molecular flexibility index (Phi) is 6.76. The number of alkyl halides is 3. The van der Waals surface area contributed by atoms with Gasteiger partial charge in [-0.25, -0.2) is 26.2 Å². The summed E-state index contributed by atoms with van der Waals surface area (Å²) < 4.78 is 118. The number of carbonyl (C=O) groups excluding carboxylic acids is 2. The van der Waals surface area contributed by atoms with Crippen molar-refractivity contribution in [2.45, 2.75) is 48.2 Å². The molecule has 2 aliphatic heterocycles. The molecular formula is C25H23F5N2O6S2. The van der Waals surface area contributed by atoms with Gasteiger partial charge < -0.3 is 4.74 Å². The van der Waals surface area contributed by atoms with Crippen molar-refractivity contribution in [2.75, 3.05) is 22.9 Å². The van der Waals surface area contributed by atoms with Crippen LogP contribution in [0.5, 0.6) is 0 Å². The van der Waals surface area contributed by atoms with Crippen LogP contribution < -0.4 is 4.31 Å². The molecule has 0 bridgehead atoms. The molecule has 0 radical (unpaired) electrons. The Morgan fingerprint density at radius 2 is 1.65 bits per heavy atom. The fraction of sp³-hybridized carbons (Fsp3) is 0.440. The first-order chi connectivity index (χ1) is 18.6. The lowest BCUT2D eigenvalue weighted by atomic mass is 9.70. The third-order valence-corrected chi connectivity index (χ3v) is 11.7. The molecule has 1 aliphatic carbocycles. The van der Waals surface area contributed by atoms with E-state index in [0.29, 0.717) is 12.8 Å². The molecule has 1 amide bonds. The number of esters is 1. The molecule has 3 aliphatic rings. The van der Waals surface area contributed by atoms with Gasteiger partial charge in [0.25, 0.3) is 10.0 Å². The SMILES string of the molecule is COC(=O)c1ccc2c(c1F)C1(CCS(=O)(=NC(=O)C(F)(F)F)CC1)C(C1CC1)N2S(=O)(=O)c1ccc(F)cc1. The monoisotopic (exact) mass is 606 g/mol. The Bertz CT molecular complexity index is 1610. The Hall–Kier alpha value is -3.07. The lowest BCUT2D eigenvalue weighted by Crippen LogP contribution is -2.52. The van der Waals surface area contributed by atoms with Crippen molar-refractivity contribution in [1.29, 1.82) is 0 Å². The number of rotatable bonds is 4. The van der Waals surface area contributed by atoms with E-state index in [1.54, 1.807) is 0 Å². The Morgan fingerprint density at radius 1 is 1.05 bits per heavy atom. The number of sulfonamides is 1. The van der Waals surface area contributed by atoms with E-state index in [1.807, 2.05) is 0 Å². The molecule has 1 saturated heterocycles. The van der Waals surface area contributed by atoms with Crippen LogP contribution in [0.15, 0.2) is 45.7 Å². The molecule has 1 spiro atoms. The van der Waals surface area contributed by atoms with Gasteiger partial charge in [0, 0.05) is 22.5 Å². The number of nitrogens with zero attached hydrogens (tertiary/aromatic N) is 2. The van der Waals surface area contributed by atoms with E-state index in [1.165, 1.54) is 6.07 Å². The highest BCUT2D eigenvalue weighted by Crippen LogP contribution is 2.60. The number of halogens is 5. The summed E-state index contributed by atoms with van der Waals surface area (Å²) in [6.45, 7) is 0. The van der Waals surface area contributed by atoms with Crippen LogP contribution in [0.3, 0.4) is 0 Å². The van der Waals surface area contributed by atoms with Crippen molar-refractivity contribution in [3.8, 4) is 0 Å². The van der Waals surface area contributed by atoms with E-state index < -0.39 is 78.0 Å². The summed E-state index contributed by atoms with van der Waals surface area (Å²) in [7, 11) is -7.08. The highest BCUT2D eigenvalue weighted by atomic mass is 32.2. The number of carbonyl (C=O) groups is 2. The van der Waals surface area contributed by atoms with Crippen LogP contribution in [0.4, 0.5) is 27.6 Å². The predicted octanol–water partition coefficient (Wildman–Crippen LogP) is 4.33. The topological polar surface area (TPSA) is 110 Å². The maximum absolute atomic E-state index is 16.2. The lowest BCUT2D eigenvalue weighted by Gasteiger charge is -2.42. The average molecular weight is 607 g/mol. The van der Waals surface area contributed by atoms with Crippen LogP contribution in [0.25, 0.3) is 0 Å². The predicted molar refractivity (Wildman–Crippen MR) is 133 cm³/mol. The Morgan fingerprint density at radius 3 is 2.17 bits per heavy atom. The number of benzene rings is 2. The van der Waals surface area contributed by atoms with E-state index in [4.69, 9.17) is 0 Å². The van der Waals surface area contributed by atoms with Crippen LogP contribution in [0, 0.1) is 17.6 Å². The Labute approximate surface area is 226 Å².